The molecule has 0 amide bonds. The number of hydrogen-bond donors (Lipinski definition) is 4. The molecule has 26 heavy (non-hydrogen) atoms. The van der Waals surface area contributed by atoms with Crippen molar-refractivity contribution in [2.45, 2.75) is 44.8 Å². The SMILES string of the molecule is C=C(/C=C(C#N)\C(F)=C/CN(C)C(C)N)C1CCCCC(CNS)CN1. The van der Waals surface area contributed by atoms with Crippen LogP contribution in [0.3, 0.4) is 0 Å². The number of nitrogens with zero attached hydrogens (tertiary/aromatic N) is 2. The van der Waals surface area contributed by atoms with E-state index in [1.165, 1.54) is 6.08 Å². The first kappa shape index (κ1) is 22.9. The number of nitrogens with one attached hydrogen (secondary N) is 2. The molecule has 0 aromatic carbocycles. The quantitative estimate of drug-likeness (QED) is 0.225. The van der Waals surface area contributed by atoms with E-state index in [2.05, 4.69) is 29.4 Å². The van der Waals surface area contributed by atoms with Gasteiger partial charge in [0.05, 0.1) is 11.7 Å². The molecule has 4 N–H and O–H groups in total. The molecule has 1 aliphatic heterocycles. The Morgan fingerprint density at radius 1 is 1.54 bits per heavy atom. The molecule has 3 atom stereocenters. The number of thiol groups is 1. The molecule has 0 aliphatic carbocycles. The van der Waals surface area contributed by atoms with Gasteiger partial charge in [-0.2, -0.15) is 5.26 Å². The lowest BCUT2D eigenvalue weighted by Crippen LogP contribution is -2.38. The second-order valence-corrected chi connectivity index (χ2v) is 7.27. The fourth-order valence-corrected chi connectivity index (χ4v) is 3.11. The summed E-state index contributed by atoms with van der Waals surface area (Å²) < 4.78 is 17.3. The number of hydrogen-bond acceptors (Lipinski definition) is 6. The van der Waals surface area contributed by atoms with Crippen LogP contribution in [0.25, 0.3) is 0 Å². The lowest BCUT2D eigenvalue weighted by Gasteiger charge is -2.27. The molecule has 1 saturated heterocycles. The van der Waals surface area contributed by atoms with Gasteiger partial charge in [-0.25, -0.2) is 4.39 Å². The highest BCUT2D eigenvalue weighted by Gasteiger charge is 2.18. The molecule has 0 aromatic rings. The van der Waals surface area contributed by atoms with Crippen molar-refractivity contribution in [1.82, 2.24) is 14.9 Å². The van der Waals surface area contributed by atoms with E-state index < -0.39 is 5.83 Å². The molecule has 3 unspecified atom stereocenters. The summed E-state index contributed by atoms with van der Waals surface area (Å²) in [7, 11) is 1.80. The van der Waals surface area contributed by atoms with Crippen LogP contribution in [0.5, 0.6) is 0 Å². The van der Waals surface area contributed by atoms with Crippen LogP contribution in [0.4, 0.5) is 4.39 Å². The summed E-state index contributed by atoms with van der Waals surface area (Å²) in [4.78, 5) is 1.79. The fourth-order valence-electron chi connectivity index (χ4n) is 2.86. The van der Waals surface area contributed by atoms with Crippen LogP contribution in [0, 0.1) is 17.2 Å². The highest BCUT2D eigenvalue weighted by atomic mass is 32.1. The van der Waals surface area contributed by atoms with Crippen LogP contribution in [-0.2, 0) is 0 Å². The Labute approximate surface area is 162 Å². The summed E-state index contributed by atoms with van der Waals surface area (Å²) >= 11 is 4.08. The van der Waals surface area contributed by atoms with Crippen LogP contribution in [0.2, 0.25) is 0 Å². The Balaban J connectivity index is 2.75. The lowest BCUT2D eigenvalue weighted by atomic mass is 9.93. The number of nitriles is 1. The van der Waals surface area contributed by atoms with E-state index in [0.29, 0.717) is 12.5 Å². The third kappa shape index (κ3) is 8.02. The Hall–Kier alpha value is -1.17. The van der Waals surface area contributed by atoms with Gasteiger partial charge in [0.15, 0.2) is 0 Å². The van der Waals surface area contributed by atoms with Crippen molar-refractivity contribution in [3.8, 4) is 6.07 Å². The van der Waals surface area contributed by atoms with E-state index in [1.54, 1.807) is 18.0 Å². The summed E-state index contributed by atoms with van der Waals surface area (Å²) in [5, 5.41) is 12.8. The van der Waals surface area contributed by atoms with Gasteiger partial charge in [0, 0.05) is 19.1 Å². The molecule has 1 aliphatic rings. The third-order valence-corrected chi connectivity index (χ3v) is 4.98. The van der Waals surface area contributed by atoms with E-state index in [9.17, 15) is 9.65 Å². The zero-order valence-electron chi connectivity index (χ0n) is 15.8. The fraction of sp³-hybridized carbons (Fsp3) is 0.632. The predicted octanol–water partition coefficient (Wildman–Crippen LogP) is 2.67. The minimum atomic E-state index is -0.538. The van der Waals surface area contributed by atoms with Crippen molar-refractivity contribution in [2.75, 3.05) is 26.7 Å². The van der Waals surface area contributed by atoms with E-state index >= 15 is 0 Å². The minimum absolute atomic E-state index is 0.00510. The number of nitrogens with two attached hydrogens (primary N) is 1. The topological polar surface area (TPSA) is 77.1 Å². The second kappa shape index (κ2) is 12.3. The molecular formula is C19H32FN5S. The second-order valence-electron chi connectivity index (χ2n) is 6.95. The van der Waals surface area contributed by atoms with Crippen molar-refractivity contribution in [3.63, 3.8) is 0 Å². The van der Waals surface area contributed by atoms with Crippen molar-refractivity contribution < 1.29 is 4.39 Å². The normalized spacial score (nSPS) is 23.9. The molecule has 1 rings (SSSR count). The van der Waals surface area contributed by atoms with Gasteiger partial charge in [-0.1, -0.05) is 32.2 Å². The highest BCUT2D eigenvalue weighted by Crippen LogP contribution is 2.21. The number of likely N-dealkylation sites (N-methyl/N-ethyl adjacent to an activating group) is 1. The first-order valence-corrected chi connectivity index (χ1v) is 9.56. The van der Waals surface area contributed by atoms with Crippen LogP contribution in [0.1, 0.15) is 32.6 Å². The molecule has 146 valence electrons. The van der Waals surface area contributed by atoms with Crippen molar-refractivity contribution in [1.29, 1.82) is 5.26 Å². The van der Waals surface area contributed by atoms with Gasteiger partial charge in [0.2, 0.25) is 0 Å². The first-order valence-electron chi connectivity index (χ1n) is 9.11. The maximum absolute atomic E-state index is 14.4. The van der Waals surface area contributed by atoms with E-state index in [0.717, 1.165) is 44.3 Å². The van der Waals surface area contributed by atoms with Gasteiger partial charge in [-0.15, -0.1) is 0 Å². The Kier molecular flexibility index (Phi) is 10.8. The van der Waals surface area contributed by atoms with E-state index in [-0.39, 0.29) is 17.8 Å². The largest absolute Gasteiger partial charge is 0.316 e. The average Bonchev–Trinajstić information content (AvgIpc) is 2.59. The maximum atomic E-state index is 14.4. The summed E-state index contributed by atoms with van der Waals surface area (Å²) in [6, 6.07) is 2.00. The summed E-state index contributed by atoms with van der Waals surface area (Å²) in [6.45, 7) is 7.94. The molecule has 0 bridgehead atoms. The lowest BCUT2D eigenvalue weighted by molar-refractivity contribution is 0.289. The zero-order valence-corrected chi connectivity index (χ0v) is 16.7. The first-order chi connectivity index (χ1) is 12.4. The maximum Gasteiger partial charge on any atom is 0.138 e. The molecule has 1 fully saturated rings. The van der Waals surface area contributed by atoms with Gasteiger partial charge in [-0.05, 0) is 57.0 Å². The third-order valence-electron chi connectivity index (χ3n) is 4.80. The number of allylic oxidation sites excluding steroid dienone is 2. The Bertz CT molecular complexity index is 553. The minimum Gasteiger partial charge on any atom is -0.316 e. The molecule has 0 aromatic heterocycles. The smallest absolute Gasteiger partial charge is 0.138 e. The standard InChI is InChI=1S/C19H32FN5S/c1-14(19-7-5-4-6-16(12-23-19)13-24-26)10-17(11-21)18(20)8-9-25(3)15(2)22/h8,10,15-16,19,23-24,26H,1,4-7,9,12-13,22H2,2-3H3/b17-10-,18-8+. The van der Waals surface area contributed by atoms with Gasteiger partial charge in [0.1, 0.15) is 11.9 Å². The molecular weight excluding hydrogens is 349 g/mol. The average molecular weight is 382 g/mol. The Morgan fingerprint density at radius 2 is 2.23 bits per heavy atom. The van der Waals surface area contributed by atoms with Crippen LogP contribution >= 0.6 is 12.8 Å². The molecule has 5 nitrogen and oxygen atoms in total. The number of halogens is 1. The summed E-state index contributed by atoms with van der Waals surface area (Å²) in [5.41, 5.74) is 6.48. The Morgan fingerprint density at radius 3 is 2.85 bits per heavy atom. The van der Waals surface area contributed by atoms with Gasteiger partial charge < -0.3 is 11.1 Å². The molecule has 0 spiro atoms. The molecule has 7 heteroatoms. The van der Waals surface area contributed by atoms with Crippen molar-refractivity contribution in [3.05, 3.63) is 35.7 Å². The van der Waals surface area contributed by atoms with Gasteiger partial charge in [0.25, 0.3) is 0 Å². The van der Waals surface area contributed by atoms with Gasteiger partial charge in [-0.3, -0.25) is 9.62 Å². The van der Waals surface area contributed by atoms with Gasteiger partial charge >= 0.3 is 0 Å². The molecule has 0 saturated carbocycles. The van der Waals surface area contributed by atoms with Crippen molar-refractivity contribution in [2.24, 2.45) is 11.7 Å². The van der Waals surface area contributed by atoms with Crippen LogP contribution in [-0.4, -0.2) is 43.8 Å². The van der Waals surface area contributed by atoms with E-state index in [1.807, 2.05) is 13.0 Å². The molecule has 1 heterocycles. The monoisotopic (exact) mass is 381 g/mol. The predicted molar refractivity (Wildman–Crippen MR) is 109 cm³/mol. The highest BCUT2D eigenvalue weighted by molar-refractivity contribution is 7.78. The molecule has 0 radical (unpaired) electrons. The summed E-state index contributed by atoms with van der Waals surface area (Å²) in [5.74, 6) is -0.0305. The van der Waals surface area contributed by atoms with E-state index in [4.69, 9.17) is 5.73 Å². The number of rotatable bonds is 8. The van der Waals surface area contributed by atoms with Crippen LogP contribution in [0.15, 0.2) is 35.7 Å². The van der Waals surface area contributed by atoms with Crippen molar-refractivity contribution >= 4 is 12.8 Å². The summed E-state index contributed by atoms with van der Waals surface area (Å²) in [6.07, 6.45) is 7.08. The van der Waals surface area contributed by atoms with Crippen LogP contribution < -0.4 is 15.8 Å². The zero-order chi connectivity index (χ0) is 19.5.